The van der Waals surface area contributed by atoms with Crippen molar-refractivity contribution < 1.29 is 4.79 Å². The van der Waals surface area contributed by atoms with E-state index in [0.717, 1.165) is 64.4 Å². The zero-order valence-corrected chi connectivity index (χ0v) is 16.8. The van der Waals surface area contributed by atoms with Crippen LogP contribution in [0.3, 0.4) is 0 Å². The van der Waals surface area contributed by atoms with Gasteiger partial charge in [0.1, 0.15) is 0 Å². The predicted octanol–water partition coefficient (Wildman–Crippen LogP) is 2.03. The first kappa shape index (κ1) is 21.2. The van der Waals surface area contributed by atoms with E-state index in [1.54, 1.807) is 0 Å². The first-order valence-electron chi connectivity index (χ1n) is 10.2. The van der Waals surface area contributed by atoms with Gasteiger partial charge in [-0.3, -0.25) is 4.79 Å². The first-order valence-corrected chi connectivity index (χ1v) is 10.2. The first-order chi connectivity index (χ1) is 13.1. The molecule has 150 valence electrons. The van der Waals surface area contributed by atoms with Crippen LogP contribution >= 0.6 is 0 Å². The molecule has 4 N–H and O–H groups in total. The van der Waals surface area contributed by atoms with E-state index in [0.29, 0.717) is 6.54 Å². The lowest BCUT2D eigenvalue weighted by Gasteiger charge is -2.30. The number of piperidine rings is 1. The summed E-state index contributed by atoms with van der Waals surface area (Å²) in [6.07, 6.45) is 4.06. The molecule has 27 heavy (non-hydrogen) atoms. The second-order valence-electron chi connectivity index (χ2n) is 7.33. The molecule has 2 rings (SSSR count). The van der Waals surface area contributed by atoms with Crippen LogP contribution in [-0.4, -0.2) is 49.5 Å². The predicted molar refractivity (Wildman–Crippen MR) is 112 cm³/mol. The molecule has 6 heteroatoms. The van der Waals surface area contributed by atoms with Gasteiger partial charge in [-0.25, -0.2) is 4.99 Å². The Labute approximate surface area is 163 Å². The molecule has 0 spiro atoms. The molecule has 0 aliphatic carbocycles. The maximum absolute atomic E-state index is 11.2. The summed E-state index contributed by atoms with van der Waals surface area (Å²) in [6, 6.07) is 8.50. The van der Waals surface area contributed by atoms with Crippen LogP contribution in [0.5, 0.6) is 0 Å². The Morgan fingerprint density at radius 2 is 1.89 bits per heavy atom. The SMILES string of the molecule is CCNC(=NCc1ccc(C)cc1)NCCCCN1CCC(C(N)=O)CC1. The van der Waals surface area contributed by atoms with Crippen LogP contribution in [0.4, 0.5) is 0 Å². The van der Waals surface area contributed by atoms with E-state index >= 15 is 0 Å². The van der Waals surface area contributed by atoms with Gasteiger partial charge in [-0.15, -0.1) is 0 Å². The van der Waals surface area contributed by atoms with Gasteiger partial charge in [-0.05, 0) is 64.7 Å². The van der Waals surface area contributed by atoms with Crippen molar-refractivity contribution in [3.63, 3.8) is 0 Å². The summed E-state index contributed by atoms with van der Waals surface area (Å²) in [5.74, 6) is 0.815. The molecule has 0 radical (unpaired) electrons. The summed E-state index contributed by atoms with van der Waals surface area (Å²) in [6.45, 7) is 9.70. The average molecular weight is 374 g/mol. The average Bonchev–Trinajstić information content (AvgIpc) is 2.67. The van der Waals surface area contributed by atoms with Crippen molar-refractivity contribution in [3.8, 4) is 0 Å². The van der Waals surface area contributed by atoms with Gasteiger partial charge in [0.15, 0.2) is 5.96 Å². The highest BCUT2D eigenvalue weighted by atomic mass is 16.1. The Balaban J connectivity index is 1.63. The monoisotopic (exact) mass is 373 g/mol. The second-order valence-corrected chi connectivity index (χ2v) is 7.33. The van der Waals surface area contributed by atoms with Crippen LogP contribution in [0.1, 0.15) is 43.7 Å². The fourth-order valence-electron chi connectivity index (χ4n) is 3.31. The van der Waals surface area contributed by atoms with Gasteiger partial charge in [0.2, 0.25) is 5.91 Å². The van der Waals surface area contributed by atoms with Crippen molar-refractivity contribution >= 4 is 11.9 Å². The summed E-state index contributed by atoms with van der Waals surface area (Å²) < 4.78 is 0. The van der Waals surface area contributed by atoms with Crippen LogP contribution in [0.2, 0.25) is 0 Å². The number of nitrogens with two attached hydrogens (primary N) is 1. The van der Waals surface area contributed by atoms with Crippen LogP contribution < -0.4 is 16.4 Å². The highest BCUT2D eigenvalue weighted by molar-refractivity contribution is 5.79. The molecule has 0 aromatic heterocycles. The zero-order valence-electron chi connectivity index (χ0n) is 16.8. The van der Waals surface area contributed by atoms with Crippen molar-refractivity contribution in [2.75, 3.05) is 32.7 Å². The molecule has 1 amide bonds. The maximum Gasteiger partial charge on any atom is 0.220 e. The van der Waals surface area contributed by atoms with Gasteiger partial charge in [0.25, 0.3) is 0 Å². The lowest BCUT2D eigenvalue weighted by atomic mass is 9.96. The van der Waals surface area contributed by atoms with E-state index in [4.69, 9.17) is 5.73 Å². The number of primary amides is 1. The van der Waals surface area contributed by atoms with E-state index in [-0.39, 0.29) is 11.8 Å². The number of aliphatic imine (C=N–C) groups is 1. The number of nitrogens with zero attached hydrogens (tertiary/aromatic N) is 2. The van der Waals surface area contributed by atoms with E-state index in [1.165, 1.54) is 11.1 Å². The maximum atomic E-state index is 11.2. The Hall–Kier alpha value is -2.08. The molecule has 1 heterocycles. The molecular weight excluding hydrogens is 338 g/mol. The van der Waals surface area contributed by atoms with E-state index in [1.807, 2.05) is 0 Å². The number of likely N-dealkylation sites (tertiary alicyclic amines) is 1. The third kappa shape index (κ3) is 7.99. The van der Waals surface area contributed by atoms with Gasteiger partial charge in [0, 0.05) is 19.0 Å². The number of benzene rings is 1. The minimum absolute atomic E-state index is 0.0790. The molecule has 0 saturated carbocycles. The molecule has 1 aromatic rings. The van der Waals surface area contributed by atoms with Gasteiger partial charge < -0.3 is 21.3 Å². The number of hydrogen-bond acceptors (Lipinski definition) is 3. The van der Waals surface area contributed by atoms with Crippen LogP contribution in [0, 0.1) is 12.8 Å². The molecular formula is C21H35N5O. The second kappa shape index (κ2) is 11.6. The Kier molecular flexibility index (Phi) is 9.11. The van der Waals surface area contributed by atoms with E-state index < -0.39 is 0 Å². The number of unbranched alkanes of at least 4 members (excludes halogenated alkanes) is 1. The van der Waals surface area contributed by atoms with Crippen molar-refractivity contribution in [2.24, 2.45) is 16.6 Å². The number of hydrogen-bond donors (Lipinski definition) is 3. The molecule has 0 bridgehead atoms. The molecule has 0 atom stereocenters. The lowest BCUT2D eigenvalue weighted by molar-refractivity contribution is -0.123. The topological polar surface area (TPSA) is 82.8 Å². The smallest absolute Gasteiger partial charge is 0.220 e. The fraction of sp³-hybridized carbons (Fsp3) is 0.619. The largest absolute Gasteiger partial charge is 0.369 e. The lowest BCUT2D eigenvalue weighted by Crippen LogP contribution is -2.39. The molecule has 6 nitrogen and oxygen atoms in total. The standard InChI is InChI=1S/C21H35N5O/c1-3-23-21(25-16-18-8-6-17(2)7-9-18)24-12-4-5-13-26-14-10-19(11-15-26)20(22)27/h6-9,19H,3-5,10-16H2,1-2H3,(H2,22,27)(H2,23,24,25). The molecule has 1 aliphatic rings. The van der Waals surface area contributed by atoms with E-state index in [9.17, 15) is 4.79 Å². The van der Waals surface area contributed by atoms with Gasteiger partial charge in [0.05, 0.1) is 6.54 Å². The molecule has 1 saturated heterocycles. The highest BCUT2D eigenvalue weighted by Gasteiger charge is 2.22. The number of nitrogens with one attached hydrogen (secondary N) is 2. The summed E-state index contributed by atoms with van der Waals surface area (Å²) >= 11 is 0. The van der Waals surface area contributed by atoms with Crippen LogP contribution in [0.25, 0.3) is 0 Å². The van der Waals surface area contributed by atoms with Crippen molar-refractivity contribution in [1.82, 2.24) is 15.5 Å². The fourth-order valence-corrected chi connectivity index (χ4v) is 3.31. The third-order valence-corrected chi connectivity index (χ3v) is 5.07. The van der Waals surface area contributed by atoms with Gasteiger partial charge in [-0.2, -0.15) is 0 Å². The number of carbonyl (C=O) groups excluding carboxylic acids is 1. The van der Waals surface area contributed by atoms with Crippen molar-refractivity contribution in [2.45, 2.75) is 46.1 Å². The molecule has 0 unspecified atom stereocenters. The number of carbonyl (C=O) groups is 1. The molecule has 1 fully saturated rings. The summed E-state index contributed by atoms with van der Waals surface area (Å²) in [7, 11) is 0. The summed E-state index contributed by atoms with van der Waals surface area (Å²) in [5.41, 5.74) is 7.88. The third-order valence-electron chi connectivity index (χ3n) is 5.07. The number of aryl methyl sites for hydroxylation is 1. The van der Waals surface area contributed by atoms with Crippen LogP contribution in [-0.2, 0) is 11.3 Å². The van der Waals surface area contributed by atoms with Gasteiger partial charge in [-0.1, -0.05) is 29.8 Å². The Morgan fingerprint density at radius 1 is 1.19 bits per heavy atom. The number of amides is 1. The van der Waals surface area contributed by atoms with Crippen molar-refractivity contribution in [1.29, 1.82) is 0 Å². The normalized spacial score (nSPS) is 16.3. The minimum Gasteiger partial charge on any atom is -0.369 e. The van der Waals surface area contributed by atoms with Gasteiger partial charge >= 0.3 is 0 Å². The number of rotatable bonds is 9. The highest BCUT2D eigenvalue weighted by Crippen LogP contribution is 2.16. The van der Waals surface area contributed by atoms with Crippen LogP contribution in [0.15, 0.2) is 29.3 Å². The summed E-state index contributed by atoms with van der Waals surface area (Å²) in [5, 5.41) is 6.73. The summed E-state index contributed by atoms with van der Waals surface area (Å²) in [4.78, 5) is 18.3. The van der Waals surface area contributed by atoms with Crippen molar-refractivity contribution in [3.05, 3.63) is 35.4 Å². The molecule has 1 aromatic carbocycles. The Bertz CT molecular complexity index is 591. The number of guanidine groups is 1. The quantitative estimate of drug-likeness (QED) is 0.351. The van der Waals surface area contributed by atoms with E-state index in [2.05, 4.69) is 58.6 Å². The molecule has 1 aliphatic heterocycles. The minimum atomic E-state index is -0.139. The zero-order chi connectivity index (χ0) is 19.5. The Morgan fingerprint density at radius 3 is 2.52 bits per heavy atom.